The number of hydrogen-bond donors (Lipinski definition) is 1. The van der Waals surface area contributed by atoms with Crippen LogP contribution in [0.25, 0.3) is 0 Å². The van der Waals surface area contributed by atoms with Crippen LogP contribution in [0.1, 0.15) is 30.0 Å². The van der Waals surface area contributed by atoms with Gasteiger partial charge < -0.3 is 9.84 Å². The summed E-state index contributed by atoms with van der Waals surface area (Å²) in [5, 5.41) is 11.1. The molecule has 0 amide bonds. The third kappa shape index (κ3) is 3.30. The Morgan fingerprint density at radius 3 is 2.69 bits per heavy atom. The van der Waals surface area contributed by atoms with E-state index < -0.39 is 0 Å². The van der Waals surface area contributed by atoms with Crippen molar-refractivity contribution in [1.29, 1.82) is 0 Å². The molecule has 3 atom stereocenters. The zero-order chi connectivity index (χ0) is 17.4. The second-order valence-corrected chi connectivity index (χ2v) is 7.68. The Balaban J connectivity index is 0.00000196. The lowest BCUT2D eigenvalue weighted by molar-refractivity contribution is -0.0505. The molecule has 2 aromatic rings. The Morgan fingerprint density at radius 1 is 1.19 bits per heavy atom. The Kier molecular flexibility index (Phi) is 5.75. The smallest absolute Gasteiger partial charge is 0.119 e. The van der Waals surface area contributed by atoms with Gasteiger partial charge in [-0.05, 0) is 54.6 Å². The Morgan fingerprint density at radius 2 is 1.96 bits per heavy atom. The van der Waals surface area contributed by atoms with Crippen molar-refractivity contribution in [1.82, 2.24) is 4.90 Å². The maximum Gasteiger partial charge on any atom is 0.119 e. The van der Waals surface area contributed by atoms with Crippen molar-refractivity contribution in [3.63, 3.8) is 0 Å². The van der Waals surface area contributed by atoms with Crippen molar-refractivity contribution in [2.24, 2.45) is 0 Å². The molecule has 2 aliphatic rings. The van der Waals surface area contributed by atoms with E-state index in [1.807, 2.05) is 6.07 Å². The van der Waals surface area contributed by atoms with Gasteiger partial charge in [-0.2, -0.15) is 0 Å². The number of rotatable bonds is 4. The molecule has 1 N–H and O–H groups in total. The fraction of sp³-hybridized carbons (Fsp3) is 0.455. The highest BCUT2D eigenvalue weighted by Gasteiger charge is 2.49. The fourth-order valence-corrected chi connectivity index (χ4v) is 4.66. The van der Waals surface area contributed by atoms with Crippen molar-refractivity contribution in [3.05, 3.63) is 65.2 Å². The molecule has 1 aliphatic heterocycles. The maximum absolute atomic E-state index is 11.1. The first kappa shape index (κ1) is 19.4. The van der Waals surface area contributed by atoms with E-state index in [0.29, 0.717) is 0 Å². The predicted molar refractivity (Wildman–Crippen MR) is 111 cm³/mol. The number of methoxy groups -OCH3 is 1. The number of likely N-dealkylation sites (tertiary alicyclic amines) is 1. The van der Waals surface area contributed by atoms with E-state index in [0.717, 1.165) is 38.1 Å². The highest BCUT2D eigenvalue weighted by molar-refractivity contribution is 8.93. The van der Waals surface area contributed by atoms with Crippen LogP contribution in [0.3, 0.4) is 0 Å². The number of benzene rings is 2. The highest BCUT2D eigenvalue weighted by Crippen LogP contribution is 2.45. The van der Waals surface area contributed by atoms with Crippen molar-refractivity contribution in [2.75, 3.05) is 20.2 Å². The van der Waals surface area contributed by atoms with Crippen LogP contribution in [0, 0.1) is 0 Å². The molecule has 2 bridgehead atoms. The molecule has 4 rings (SSSR count). The molecule has 0 unspecified atom stereocenters. The number of halogens is 1. The number of ether oxygens (including phenoxy) is 1. The average Bonchev–Trinajstić information content (AvgIpc) is 2.64. The molecule has 2 aromatic carbocycles. The minimum absolute atomic E-state index is 0. The summed E-state index contributed by atoms with van der Waals surface area (Å²) in [5.74, 6) is 0.886. The molecule has 0 radical (unpaired) electrons. The summed E-state index contributed by atoms with van der Waals surface area (Å²) < 4.78 is 5.41. The maximum atomic E-state index is 11.1. The molecule has 140 valence electrons. The van der Waals surface area contributed by atoms with Crippen LogP contribution >= 0.6 is 17.0 Å². The van der Waals surface area contributed by atoms with Gasteiger partial charge in [-0.3, -0.25) is 4.90 Å². The number of piperidine rings is 1. The van der Waals surface area contributed by atoms with Gasteiger partial charge in [0.2, 0.25) is 0 Å². The van der Waals surface area contributed by atoms with Crippen molar-refractivity contribution in [3.8, 4) is 5.75 Å². The molecule has 26 heavy (non-hydrogen) atoms. The summed E-state index contributed by atoms with van der Waals surface area (Å²) in [4.78, 5) is 2.49. The molecular formula is C22H28BrNO2. The fourth-order valence-electron chi connectivity index (χ4n) is 4.66. The molecule has 0 saturated carbocycles. The van der Waals surface area contributed by atoms with Gasteiger partial charge in [-0.15, -0.1) is 17.0 Å². The second kappa shape index (κ2) is 7.71. The lowest BCUT2D eigenvalue weighted by atomic mass is 9.63. The normalized spacial score (nSPS) is 27.3. The van der Waals surface area contributed by atoms with Crippen LogP contribution in [0.15, 0.2) is 48.5 Å². The summed E-state index contributed by atoms with van der Waals surface area (Å²) in [6.07, 6.45) is 2.62. The van der Waals surface area contributed by atoms with Crippen LogP contribution in [-0.2, 0) is 18.3 Å². The van der Waals surface area contributed by atoms with Crippen LogP contribution < -0.4 is 4.74 Å². The predicted octanol–water partition coefficient (Wildman–Crippen LogP) is 3.76. The SMILES string of the molecule is Br.COc1ccc2c(c1)[C@]1(C)CCN(CCc3ccccc3)[C@@H](C2)[C@H]1O. The van der Waals surface area contributed by atoms with Gasteiger partial charge in [-0.25, -0.2) is 0 Å². The monoisotopic (exact) mass is 417 g/mol. The van der Waals surface area contributed by atoms with Crippen LogP contribution in [0.4, 0.5) is 0 Å². The van der Waals surface area contributed by atoms with Crippen LogP contribution in [-0.4, -0.2) is 42.4 Å². The second-order valence-electron chi connectivity index (χ2n) is 7.68. The van der Waals surface area contributed by atoms with Gasteiger partial charge in [0.05, 0.1) is 13.2 Å². The average molecular weight is 418 g/mol. The van der Waals surface area contributed by atoms with Gasteiger partial charge in [0, 0.05) is 18.0 Å². The Labute approximate surface area is 166 Å². The van der Waals surface area contributed by atoms with E-state index in [4.69, 9.17) is 4.74 Å². The lowest BCUT2D eigenvalue weighted by Gasteiger charge is -2.53. The molecule has 0 spiro atoms. The topological polar surface area (TPSA) is 32.7 Å². The van der Waals surface area contributed by atoms with E-state index in [1.165, 1.54) is 16.7 Å². The minimum Gasteiger partial charge on any atom is -0.497 e. The first-order valence-corrected chi connectivity index (χ1v) is 9.25. The highest BCUT2D eigenvalue weighted by atomic mass is 79.9. The summed E-state index contributed by atoms with van der Waals surface area (Å²) in [7, 11) is 1.71. The summed E-state index contributed by atoms with van der Waals surface area (Å²) >= 11 is 0. The van der Waals surface area contributed by atoms with Gasteiger partial charge in [0.25, 0.3) is 0 Å². The zero-order valence-electron chi connectivity index (χ0n) is 15.5. The standard InChI is InChI=1S/C22H27NO2.BrH/c1-22-11-13-23(12-10-16-6-4-3-5-7-16)20(21(22)24)14-17-8-9-18(25-2)15-19(17)22;/h3-9,15,20-21,24H,10-14H2,1-2H3;1H/t20-,21+,22-;/m0./s1. The van der Waals surface area contributed by atoms with Gasteiger partial charge in [0.15, 0.2) is 0 Å². The molecule has 1 saturated heterocycles. The first-order chi connectivity index (χ1) is 12.1. The number of aliphatic hydroxyl groups is 1. The zero-order valence-corrected chi connectivity index (χ0v) is 17.2. The van der Waals surface area contributed by atoms with E-state index in [2.05, 4.69) is 54.3 Å². The van der Waals surface area contributed by atoms with Gasteiger partial charge in [-0.1, -0.05) is 43.3 Å². The largest absolute Gasteiger partial charge is 0.497 e. The number of aliphatic hydroxyl groups excluding tert-OH is 1. The molecular weight excluding hydrogens is 390 g/mol. The molecule has 1 aliphatic carbocycles. The Hall–Kier alpha value is -1.36. The van der Waals surface area contributed by atoms with Gasteiger partial charge >= 0.3 is 0 Å². The quantitative estimate of drug-likeness (QED) is 0.821. The number of fused-ring (bicyclic) bond motifs is 4. The molecule has 4 heteroatoms. The third-order valence-corrected chi connectivity index (χ3v) is 6.30. The molecule has 0 aromatic heterocycles. The van der Waals surface area contributed by atoms with Crippen molar-refractivity contribution >= 4 is 17.0 Å². The van der Waals surface area contributed by atoms with Crippen molar-refractivity contribution in [2.45, 2.75) is 43.7 Å². The van der Waals surface area contributed by atoms with Gasteiger partial charge in [0.1, 0.15) is 5.75 Å². The number of hydrogen-bond acceptors (Lipinski definition) is 3. The number of nitrogens with zero attached hydrogens (tertiary/aromatic N) is 1. The van der Waals surface area contributed by atoms with E-state index in [1.54, 1.807) is 7.11 Å². The lowest BCUT2D eigenvalue weighted by Crippen LogP contribution is -2.62. The first-order valence-electron chi connectivity index (χ1n) is 9.25. The minimum atomic E-state index is -0.323. The van der Waals surface area contributed by atoms with E-state index >= 15 is 0 Å². The molecule has 3 nitrogen and oxygen atoms in total. The Bertz CT molecular complexity index is 751. The van der Waals surface area contributed by atoms with Crippen LogP contribution in [0.5, 0.6) is 5.75 Å². The third-order valence-electron chi connectivity index (χ3n) is 6.30. The summed E-state index contributed by atoms with van der Waals surface area (Å²) in [6, 6.07) is 17.2. The van der Waals surface area contributed by atoms with Crippen molar-refractivity contribution < 1.29 is 9.84 Å². The molecule has 1 fully saturated rings. The summed E-state index contributed by atoms with van der Waals surface area (Å²) in [5.41, 5.74) is 3.84. The summed E-state index contributed by atoms with van der Waals surface area (Å²) in [6.45, 7) is 4.27. The van der Waals surface area contributed by atoms with Crippen LogP contribution in [0.2, 0.25) is 0 Å². The van der Waals surface area contributed by atoms with E-state index in [-0.39, 0.29) is 34.5 Å². The van der Waals surface area contributed by atoms with E-state index in [9.17, 15) is 5.11 Å². The molecule has 1 heterocycles.